The number of hydrogen-bond donors (Lipinski definition) is 0. The molecule has 0 aromatic heterocycles. The Kier molecular flexibility index (Phi) is 92.0. The summed E-state index contributed by atoms with van der Waals surface area (Å²) in [5.74, 6) is 0. The van der Waals surface area contributed by atoms with Crippen molar-refractivity contribution in [3.8, 4) is 0 Å². The fraction of sp³-hybridized carbons (Fsp3) is 0.600. The fourth-order valence-electron chi connectivity index (χ4n) is 0. The van der Waals surface area contributed by atoms with Gasteiger partial charge in [0, 0.05) is 0 Å². The van der Waals surface area contributed by atoms with Gasteiger partial charge in [-0.25, -0.2) is 0 Å². The first kappa shape index (κ1) is 24.0. The van der Waals surface area contributed by atoms with Gasteiger partial charge in [0.25, 0.3) is 0 Å². The van der Waals surface area contributed by atoms with Gasteiger partial charge in [-0.2, -0.15) is 13.3 Å². The number of halogens is 1. The molecule has 0 fully saturated rings. The Bertz CT molecular complexity index is 10.0. The molecule has 0 saturated heterocycles. The van der Waals surface area contributed by atoms with Crippen molar-refractivity contribution in [3.63, 3.8) is 0 Å². The van der Waals surface area contributed by atoms with Gasteiger partial charge in [-0.3, -0.25) is 0 Å². The molecule has 0 radical (unpaired) electrons. The molecular formula is C5H13BrMg. The van der Waals surface area contributed by atoms with E-state index in [-0.39, 0.29) is 47.5 Å². The average molecular weight is 177 g/mol. The predicted octanol–water partition coefficient (Wildman–Crippen LogP) is 2.27. The van der Waals surface area contributed by atoms with Crippen molar-refractivity contribution in [1.82, 2.24) is 0 Å². The molecule has 0 rings (SSSR count). The zero-order valence-electron chi connectivity index (χ0n) is 5.40. The number of rotatable bonds is 1. The summed E-state index contributed by atoms with van der Waals surface area (Å²) in [6.07, 6.45) is 3.32. The van der Waals surface area contributed by atoms with Crippen molar-refractivity contribution < 1.29 is 0 Å². The molecule has 0 aromatic rings. The molecule has 0 saturated carbocycles. The second-order valence-electron chi connectivity index (χ2n) is 0.816. The zero-order chi connectivity index (χ0) is 3.41. The van der Waals surface area contributed by atoms with Crippen molar-refractivity contribution in [2.75, 3.05) is 0 Å². The molecule has 0 aliphatic carbocycles. The Morgan fingerprint density at radius 2 is 1.57 bits per heavy atom. The first-order valence-corrected chi connectivity index (χ1v) is 1.69. The monoisotopic (exact) mass is 176 g/mol. The van der Waals surface area contributed by atoms with Crippen LogP contribution < -0.4 is 0 Å². The largest absolute Gasteiger partial charge is 2.00 e. The molecule has 0 heterocycles. The molecule has 0 aliphatic heterocycles. The van der Waals surface area contributed by atoms with E-state index in [1.165, 1.54) is 6.42 Å². The molecular weight excluding hydrogens is 164 g/mol. The standard InChI is InChI=1S/C4H9.CH3.BrH.Mg/c1-3-4-2;;;/h3H,4H2,1-2H3;1H3;1H;/q2*-1;;+2. The van der Waals surface area contributed by atoms with E-state index in [1.54, 1.807) is 0 Å². The molecule has 0 N–H and O–H groups in total. The zero-order valence-corrected chi connectivity index (χ0v) is 8.53. The van der Waals surface area contributed by atoms with Gasteiger partial charge in [0.2, 0.25) is 0 Å². The van der Waals surface area contributed by atoms with Gasteiger partial charge in [-0.1, -0.05) is 6.92 Å². The molecule has 42 valence electrons. The summed E-state index contributed by atoms with van der Waals surface area (Å²) in [7, 11) is 0. The van der Waals surface area contributed by atoms with Gasteiger partial charge in [0.05, 0.1) is 0 Å². The minimum absolute atomic E-state index is 0. The summed E-state index contributed by atoms with van der Waals surface area (Å²) in [5, 5.41) is 0. The van der Waals surface area contributed by atoms with Crippen LogP contribution in [0.1, 0.15) is 20.3 Å². The maximum Gasteiger partial charge on any atom is 2.00 e. The van der Waals surface area contributed by atoms with Crippen LogP contribution in [0.2, 0.25) is 0 Å². The van der Waals surface area contributed by atoms with Gasteiger partial charge in [-0.15, -0.1) is 17.0 Å². The van der Waals surface area contributed by atoms with Crippen LogP contribution in [0.15, 0.2) is 0 Å². The van der Waals surface area contributed by atoms with Crippen molar-refractivity contribution in [1.29, 1.82) is 0 Å². The van der Waals surface area contributed by atoms with Crippen LogP contribution in [-0.2, 0) is 0 Å². The first-order chi connectivity index (χ1) is 1.91. The molecule has 0 nitrogen and oxygen atoms in total. The van der Waals surface area contributed by atoms with E-state index >= 15 is 0 Å². The van der Waals surface area contributed by atoms with Gasteiger partial charge in [-0.05, 0) is 0 Å². The quantitative estimate of drug-likeness (QED) is 0.426. The summed E-state index contributed by atoms with van der Waals surface area (Å²) < 4.78 is 0. The van der Waals surface area contributed by atoms with E-state index in [2.05, 4.69) is 20.3 Å². The minimum Gasteiger partial charge on any atom is -0.358 e. The molecule has 0 bridgehead atoms. The van der Waals surface area contributed by atoms with E-state index < -0.39 is 0 Å². The summed E-state index contributed by atoms with van der Waals surface area (Å²) in [6.45, 7) is 4.18. The van der Waals surface area contributed by atoms with Crippen molar-refractivity contribution in [2.24, 2.45) is 0 Å². The number of unbranched alkanes of at least 4 members (excludes halogenated alkanes) is 1. The van der Waals surface area contributed by atoms with Crippen LogP contribution in [-0.4, -0.2) is 23.1 Å². The second kappa shape index (κ2) is 26.8. The molecule has 0 atom stereocenters. The summed E-state index contributed by atoms with van der Waals surface area (Å²) in [4.78, 5) is 0. The Morgan fingerprint density at radius 1 is 1.43 bits per heavy atom. The third kappa shape index (κ3) is 39.5. The van der Waals surface area contributed by atoms with Gasteiger partial charge >= 0.3 is 23.1 Å². The molecule has 0 aromatic carbocycles. The second-order valence-corrected chi connectivity index (χ2v) is 0.816. The maximum absolute atomic E-state index is 2.12. The smallest absolute Gasteiger partial charge is 0.358 e. The number of hydrogen-bond acceptors (Lipinski definition) is 0. The van der Waals surface area contributed by atoms with Gasteiger partial charge < -0.3 is 13.8 Å². The van der Waals surface area contributed by atoms with E-state index in [9.17, 15) is 0 Å². The summed E-state index contributed by atoms with van der Waals surface area (Å²) in [6, 6.07) is 0. The van der Waals surface area contributed by atoms with Crippen LogP contribution in [0, 0.1) is 13.8 Å². The molecule has 0 unspecified atom stereocenters. The Balaban J connectivity index is -0.0000000150. The maximum atomic E-state index is 2.12. The third-order valence-corrected chi connectivity index (χ3v) is 0.408. The average Bonchev–Trinajstić information content (AvgIpc) is 1.37. The molecule has 0 spiro atoms. The van der Waals surface area contributed by atoms with Crippen molar-refractivity contribution in [2.45, 2.75) is 20.3 Å². The summed E-state index contributed by atoms with van der Waals surface area (Å²) in [5.41, 5.74) is 0. The van der Waals surface area contributed by atoms with Crippen LogP contribution in [0.5, 0.6) is 0 Å². The van der Waals surface area contributed by atoms with Crippen LogP contribution in [0.4, 0.5) is 0 Å². The van der Waals surface area contributed by atoms with Crippen LogP contribution in [0.25, 0.3) is 0 Å². The fourth-order valence-corrected chi connectivity index (χ4v) is 0. The van der Waals surface area contributed by atoms with E-state index in [0.29, 0.717) is 0 Å². The third-order valence-electron chi connectivity index (χ3n) is 0.408. The Hall–Kier alpha value is 1.25. The Labute approximate surface area is 74.0 Å². The van der Waals surface area contributed by atoms with E-state index in [4.69, 9.17) is 0 Å². The van der Waals surface area contributed by atoms with Crippen LogP contribution >= 0.6 is 17.0 Å². The molecule has 7 heavy (non-hydrogen) atoms. The molecule has 0 amide bonds. The van der Waals surface area contributed by atoms with Crippen molar-refractivity contribution >= 4 is 40.0 Å². The SMILES string of the molecule is Br.C[CH-]CC.[CH3-].[Mg+2]. The first-order valence-electron chi connectivity index (χ1n) is 1.69. The molecule has 0 aliphatic rings. The van der Waals surface area contributed by atoms with E-state index in [1.807, 2.05) is 0 Å². The Morgan fingerprint density at radius 3 is 1.57 bits per heavy atom. The van der Waals surface area contributed by atoms with Crippen LogP contribution in [0.3, 0.4) is 0 Å². The topological polar surface area (TPSA) is 0 Å². The molecule has 2 heteroatoms. The van der Waals surface area contributed by atoms with Gasteiger partial charge in [0.1, 0.15) is 0 Å². The summed E-state index contributed by atoms with van der Waals surface area (Å²) >= 11 is 0. The minimum atomic E-state index is 0. The predicted molar refractivity (Wildman–Crippen MR) is 42.8 cm³/mol. The van der Waals surface area contributed by atoms with Crippen molar-refractivity contribution in [3.05, 3.63) is 13.8 Å². The van der Waals surface area contributed by atoms with Gasteiger partial charge in [0.15, 0.2) is 0 Å². The van der Waals surface area contributed by atoms with E-state index in [0.717, 1.165) is 0 Å². The normalized spacial score (nSPS) is 4.29.